The number of aliphatic hydroxyl groups is 1. The summed E-state index contributed by atoms with van der Waals surface area (Å²) in [5.41, 5.74) is -0.111. The van der Waals surface area contributed by atoms with Crippen LogP contribution >= 0.6 is 0 Å². The highest BCUT2D eigenvalue weighted by atomic mass is 16.3. The average molecular weight is 324 g/mol. The number of guanidine groups is 1. The fourth-order valence-corrected chi connectivity index (χ4v) is 3.48. The Kier molecular flexibility index (Phi) is 6.27. The summed E-state index contributed by atoms with van der Waals surface area (Å²) in [5, 5.41) is 13.7. The van der Waals surface area contributed by atoms with E-state index in [1.54, 1.807) is 6.92 Å². The molecule has 0 radical (unpaired) electrons. The van der Waals surface area contributed by atoms with Gasteiger partial charge in [0.1, 0.15) is 0 Å². The number of piperazine rings is 1. The van der Waals surface area contributed by atoms with Gasteiger partial charge in [0.2, 0.25) is 5.91 Å². The number of carbonyl (C=O) groups is 1. The number of carbonyl (C=O) groups excluding carboxylic acids is 1. The van der Waals surface area contributed by atoms with Crippen LogP contribution in [0.1, 0.15) is 46.5 Å². The predicted molar refractivity (Wildman–Crippen MR) is 92.4 cm³/mol. The molecule has 132 valence electrons. The van der Waals surface area contributed by atoms with E-state index < -0.39 is 0 Å². The van der Waals surface area contributed by atoms with Crippen molar-refractivity contribution in [3.63, 3.8) is 0 Å². The van der Waals surface area contributed by atoms with Gasteiger partial charge in [0.05, 0.1) is 12.6 Å². The van der Waals surface area contributed by atoms with Crippen molar-refractivity contribution in [2.45, 2.75) is 52.6 Å². The van der Waals surface area contributed by atoms with Crippen molar-refractivity contribution in [3.05, 3.63) is 0 Å². The lowest BCUT2D eigenvalue weighted by Gasteiger charge is -2.39. The van der Waals surface area contributed by atoms with E-state index in [1.807, 2.05) is 4.90 Å². The van der Waals surface area contributed by atoms with E-state index in [-0.39, 0.29) is 17.4 Å². The van der Waals surface area contributed by atoms with Crippen molar-refractivity contribution in [2.24, 2.45) is 10.4 Å². The topological polar surface area (TPSA) is 68.2 Å². The van der Waals surface area contributed by atoms with Crippen molar-refractivity contribution in [1.82, 2.24) is 15.1 Å². The van der Waals surface area contributed by atoms with Gasteiger partial charge in [-0.1, -0.05) is 19.8 Å². The van der Waals surface area contributed by atoms with Gasteiger partial charge in [0, 0.05) is 45.1 Å². The molecular formula is C17H32N4O2. The Balaban J connectivity index is 1.99. The van der Waals surface area contributed by atoms with Crippen molar-refractivity contribution < 1.29 is 9.90 Å². The maximum Gasteiger partial charge on any atom is 0.219 e. The summed E-state index contributed by atoms with van der Waals surface area (Å²) >= 11 is 0. The number of rotatable bonds is 3. The third-order valence-corrected chi connectivity index (χ3v) is 5.23. The Hall–Kier alpha value is -1.30. The zero-order valence-electron chi connectivity index (χ0n) is 14.8. The quantitative estimate of drug-likeness (QED) is 0.602. The first kappa shape index (κ1) is 18.0. The molecule has 0 bridgehead atoms. The first-order valence-electron chi connectivity index (χ1n) is 8.93. The number of aliphatic hydroxyl groups excluding tert-OH is 1. The van der Waals surface area contributed by atoms with Crippen LogP contribution in [0.25, 0.3) is 0 Å². The summed E-state index contributed by atoms with van der Waals surface area (Å²) in [4.78, 5) is 20.4. The maximum atomic E-state index is 11.4. The molecule has 6 heteroatoms. The van der Waals surface area contributed by atoms with Gasteiger partial charge < -0.3 is 20.2 Å². The second kappa shape index (κ2) is 7.99. The van der Waals surface area contributed by atoms with E-state index in [0.29, 0.717) is 6.54 Å². The van der Waals surface area contributed by atoms with Crippen LogP contribution in [0.4, 0.5) is 0 Å². The molecule has 2 unspecified atom stereocenters. The van der Waals surface area contributed by atoms with E-state index in [9.17, 15) is 9.90 Å². The molecule has 6 nitrogen and oxygen atoms in total. The third kappa shape index (κ3) is 4.59. The van der Waals surface area contributed by atoms with Gasteiger partial charge in [-0.3, -0.25) is 9.79 Å². The summed E-state index contributed by atoms with van der Waals surface area (Å²) in [6.07, 6.45) is 3.97. The highest BCUT2D eigenvalue weighted by Gasteiger charge is 2.35. The van der Waals surface area contributed by atoms with Crippen LogP contribution in [-0.2, 0) is 4.79 Å². The van der Waals surface area contributed by atoms with Crippen LogP contribution in [0, 0.1) is 5.41 Å². The average Bonchev–Trinajstić information content (AvgIpc) is 2.54. The van der Waals surface area contributed by atoms with Crippen LogP contribution in [0.5, 0.6) is 0 Å². The summed E-state index contributed by atoms with van der Waals surface area (Å²) in [7, 11) is 0. The molecule has 1 amide bonds. The van der Waals surface area contributed by atoms with E-state index in [0.717, 1.165) is 57.9 Å². The minimum atomic E-state index is -0.252. The van der Waals surface area contributed by atoms with E-state index in [1.165, 1.54) is 6.42 Å². The first-order chi connectivity index (χ1) is 11.0. The second-order valence-corrected chi connectivity index (χ2v) is 7.08. The molecule has 1 saturated heterocycles. The lowest BCUT2D eigenvalue weighted by Crippen LogP contribution is -2.53. The third-order valence-electron chi connectivity index (χ3n) is 5.23. The molecule has 1 saturated carbocycles. The summed E-state index contributed by atoms with van der Waals surface area (Å²) < 4.78 is 0. The Bertz CT molecular complexity index is 432. The molecule has 2 atom stereocenters. The highest BCUT2D eigenvalue weighted by Crippen LogP contribution is 2.36. The first-order valence-corrected chi connectivity index (χ1v) is 8.93. The zero-order chi connectivity index (χ0) is 16.9. The normalized spacial score (nSPS) is 29.6. The highest BCUT2D eigenvalue weighted by molar-refractivity contribution is 5.80. The van der Waals surface area contributed by atoms with Crippen LogP contribution in [0.2, 0.25) is 0 Å². The molecule has 0 aromatic rings. The minimum Gasteiger partial charge on any atom is -0.392 e. The molecule has 0 aromatic heterocycles. The summed E-state index contributed by atoms with van der Waals surface area (Å²) in [6.45, 7) is 10.4. The molecule has 0 spiro atoms. The molecule has 1 heterocycles. The van der Waals surface area contributed by atoms with Crippen LogP contribution in [0.3, 0.4) is 0 Å². The maximum absolute atomic E-state index is 11.4. The summed E-state index contributed by atoms with van der Waals surface area (Å²) in [6, 6.07) is 0. The van der Waals surface area contributed by atoms with Crippen LogP contribution < -0.4 is 5.32 Å². The Morgan fingerprint density at radius 1 is 1.26 bits per heavy atom. The zero-order valence-corrected chi connectivity index (χ0v) is 14.8. The number of nitrogens with zero attached hydrogens (tertiary/aromatic N) is 3. The van der Waals surface area contributed by atoms with Crippen molar-refractivity contribution in [2.75, 3.05) is 39.3 Å². The lowest BCUT2D eigenvalue weighted by atomic mass is 9.73. The van der Waals surface area contributed by atoms with Gasteiger partial charge in [0.15, 0.2) is 5.96 Å². The molecule has 2 N–H and O–H groups in total. The van der Waals surface area contributed by atoms with E-state index in [4.69, 9.17) is 4.99 Å². The van der Waals surface area contributed by atoms with Crippen molar-refractivity contribution >= 4 is 11.9 Å². The largest absolute Gasteiger partial charge is 0.392 e. The van der Waals surface area contributed by atoms with E-state index in [2.05, 4.69) is 24.1 Å². The van der Waals surface area contributed by atoms with Gasteiger partial charge in [-0.05, 0) is 19.8 Å². The van der Waals surface area contributed by atoms with Crippen LogP contribution in [0.15, 0.2) is 4.99 Å². The Labute approximate surface area is 139 Å². The van der Waals surface area contributed by atoms with Gasteiger partial charge in [-0.25, -0.2) is 0 Å². The van der Waals surface area contributed by atoms with Crippen LogP contribution in [-0.4, -0.2) is 72.1 Å². The molecule has 1 aliphatic heterocycles. The standard InChI is InChI=1S/C17H32N4O2/c1-4-18-16(21-11-9-20(10-12-21)14(2)22)19-13-17(3)8-6-5-7-15(17)23/h15,23H,4-13H2,1-3H3,(H,18,19). The molecule has 1 aliphatic carbocycles. The monoisotopic (exact) mass is 324 g/mol. The Morgan fingerprint density at radius 2 is 1.91 bits per heavy atom. The number of amides is 1. The number of aliphatic imine (C=N–C) groups is 1. The number of hydrogen-bond donors (Lipinski definition) is 2. The smallest absolute Gasteiger partial charge is 0.219 e. The lowest BCUT2D eigenvalue weighted by molar-refractivity contribution is -0.130. The number of nitrogens with one attached hydrogen (secondary N) is 1. The van der Waals surface area contributed by atoms with Crippen molar-refractivity contribution in [1.29, 1.82) is 0 Å². The van der Waals surface area contributed by atoms with Gasteiger partial charge >= 0.3 is 0 Å². The molecule has 23 heavy (non-hydrogen) atoms. The predicted octanol–water partition coefficient (Wildman–Crippen LogP) is 1.06. The molecule has 2 fully saturated rings. The number of hydrogen-bond acceptors (Lipinski definition) is 3. The molecule has 2 aliphatic rings. The summed E-state index contributed by atoms with van der Waals surface area (Å²) in [5.74, 6) is 1.05. The minimum absolute atomic E-state index is 0.111. The Morgan fingerprint density at radius 3 is 2.48 bits per heavy atom. The second-order valence-electron chi connectivity index (χ2n) is 7.08. The SMILES string of the molecule is CCNC(=NCC1(C)CCCCC1O)N1CCN(C(C)=O)CC1. The fourth-order valence-electron chi connectivity index (χ4n) is 3.48. The van der Waals surface area contributed by atoms with Gasteiger partial charge in [-0.2, -0.15) is 0 Å². The molecular weight excluding hydrogens is 292 g/mol. The van der Waals surface area contributed by atoms with Gasteiger partial charge in [-0.15, -0.1) is 0 Å². The van der Waals surface area contributed by atoms with Gasteiger partial charge in [0.25, 0.3) is 0 Å². The van der Waals surface area contributed by atoms with Crippen molar-refractivity contribution in [3.8, 4) is 0 Å². The fraction of sp³-hybridized carbons (Fsp3) is 0.882. The van der Waals surface area contributed by atoms with E-state index >= 15 is 0 Å². The molecule has 0 aromatic carbocycles. The molecule has 2 rings (SSSR count).